The first kappa shape index (κ1) is 15.7. The maximum Gasteiger partial charge on any atom is 0.240 e. The Morgan fingerprint density at radius 3 is 2.76 bits per heavy atom. The minimum absolute atomic E-state index is 0.143. The van der Waals surface area contributed by atoms with E-state index in [0.29, 0.717) is 5.02 Å². The summed E-state index contributed by atoms with van der Waals surface area (Å²) in [5.74, 6) is -0.155. The van der Waals surface area contributed by atoms with Crippen molar-refractivity contribution in [3.8, 4) is 6.07 Å². The fourth-order valence-corrected chi connectivity index (χ4v) is 2.88. The summed E-state index contributed by atoms with van der Waals surface area (Å²) in [5.41, 5.74) is 1.08. The summed E-state index contributed by atoms with van der Waals surface area (Å²) in [7, 11) is 0. The SMILES string of the molecule is Cc1c(Cl)cccc1NCC(=O)NC1(C#N)CCCCC1. The highest BCUT2D eigenvalue weighted by Gasteiger charge is 2.33. The van der Waals surface area contributed by atoms with Gasteiger partial charge in [-0.3, -0.25) is 4.79 Å². The van der Waals surface area contributed by atoms with Gasteiger partial charge in [0.15, 0.2) is 0 Å². The zero-order chi connectivity index (χ0) is 15.3. The Bertz CT molecular complexity index is 559. The number of hydrogen-bond donors (Lipinski definition) is 2. The second kappa shape index (κ2) is 6.82. The summed E-state index contributed by atoms with van der Waals surface area (Å²) in [4.78, 5) is 12.1. The Kier molecular flexibility index (Phi) is 5.08. The number of nitriles is 1. The van der Waals surface area contributed by atoms with Gasteiger partial charge in [0, 0.05) is 10.7 Å². The van der Waals surface area contributed by atoms with Crippen LogP contribution in [0.3, 0.4) is 0 Å². The molecule has 0 aromatic heterocycles. The van der Waals surface area contributed by atoms with Gasteiger partial charge in [-0.25, -0.2) is 0 Å². The molecule has 112 valence electrons. The molecule has 2 N–H and O–H groups in total. The van der Waals surface area contributed by atoms with Gasteiger partial charge in [0.25, 0.3) is 0 Å². The first-order chi connectivity index (χ1) is 10.1. The van der Waals surface area contributed by atoms with Crippen LogP contribution in [-0.4, -0.2) is 18.0 Å². The summed E-state index contributed by atoms with van der Waals surface area (Å²) < 4.78 is 0. The molecule has 1 aliphatic carbocycles. The number of halogens is 1. The molecular weight excluding hydrogens is 286 g/mol. The molecule has 0 saturated heterocycles. The highest BCUT2D eigenvalue weighted by molar-refractivity contribution is 6.31. The molecule has 0 heterocycles. The number of nitrogens with one attached hydrogen (secondary N) is 2. The predicted octanol–water partition coefficient (Wildman–Crippen LogP) is 3.40. The van der Waals surface area contributed by atoms with E-state index < -0.39 is 5.54 Å². The van der Waals surface area contributed by atoms with Crippen LogP contribution in [-0.2, 0) is 4.79 Å². The van der Waals surface area contributed by atoms with Gasteiger partial charge in [-0.05, 0) is 37.5 Å². The molecule has 0 aliphatic heterocycles. The first-order valence-corrected chi connectivity index (χ1v) is 7.65. The van der Waals surface area contributed by atoms with Crippen molar-refractivity contribution in [1.82, 2.24) is 5.32 Å². The molecule has 0 atom stereocenters. The van der Waals surface area contributed by atoms with E-state index in [0.717, 1.165) is 43.4 Å². The zero-order valence-corrected chi connectivity index (χ0v) is 13.0. The zero-order valence-electron chi connectivity index (χ0n) is 12.2. The van der Waals surface area contributed by atoms with E-state index in [1.165, 1.54) is 0 Å². The average Bonchev–Trinajstić information content (AvgIpc) is 2.50. The van der Waals surface area contributed by atoms with Gasteiger partial charge in [0.1, 0.15) is 5.54 Å². The topological polar surface area (TPSA) is 64.9 Å². The molecule has 1 aliphatic rings. The summed E-state index contributed by atoms with van der Waals surface area (Å²) in [6.07, 6.45) is 4.61. The number of nitrogens with zero attached hydrogens (tertiary/aromatic N) is 1. The van der Waals surface area contributed by atoms with Crippen molar-refractivity contribution in [1.29, 1.82) is 5.26 Å². The molecular formula is C16H20ClN3O. The minimum Gasteiger partial charge on any atom is -0.376 e. The lowest BCUT2D eigenvalue weighted by Gasteiger charge is -2.31. The highest BCUT2D eigenvalue weighted by atomic mass is 35.5. The van der Waals surface area contributed by atoms with Gasteiger partial charge in [0.05, 0.1) is 12.6 Å². The summed E-state index contributed by atoms with van der Waals surface area (Å²) >= 11 is 6.05. The number of carbonyl (C=O) groups excluding carboxylic acids is 1. The van der Waals surface area contributed by atoms with Gasteiger partial charge >= 0.3 is 0 Å². The first-order valence-electron chi connectivity index (χ1n) is 7.27. The van der Waals surface area contributed by atoms with E-state index in [1.807, 2.05) is 25.1 Å². The van der Waals surface area contributed by atoms with Gasteiger partial charge in [-0.1, -0.05) is 36.9 Å². The third-order valence-corrected chi connectivity index (χ3v) is 4.42. The van der Waals surface area contributed by atoms with Crippen molar-refractivity contribution in [3.05, 3.63) is 28.8 Å². The number of carbonyl (C=O) groups is 1. The molecule has 2 rings (SSSR count). The Morgan fingerprint density at radius 1 is 1.38 bits per heavy atom. The Morgan fingerprint density at radius 2 is 2.10 bits per heavy atom. The van der Waals surface area contributed by atoms with Crippen LogP contribution in [0.4, 0.5) is 5.69 Å². The van der Waals surface area contributed by atoms with Crippen LogP contribution in [0.2, 0.25) is 5.02 Å². The molecule has 1 aromatic carbocycles. The molecule has 1 fully saturated rings. The number of amides is 1. The van der Waals surface area contributed by atoms with Crippen LogP contribution in [0.15, 0.2) is 18.2 Å². The molecule has 4 nitrogen and oxygen atoms in total. The predicted molar refractivity (Wildman–Crippen MR) is 84.3 cm³/mol. The average molecular weight is 306 g/mol. The van der Waals surface area contributed by atoms with E-state index in [9.17, 15) is 10.1 Å². The molecule has 1 aromatic rings. The summed E-state index contributed by atoms with van der Waals surface area (Å²) in [6.45, 7) is 2.05. The largest absolute Gasteiger partial charge is 0.376 e. The summed E-state index contributed by atoms with van der Waals surface area (Å²) in [6, 6.07) is 7.83. The molecule has 0 radical (unpaired) electrons. The lowest BCUT2D eigenvalue weighted by molar-refractivity contribution is -0.121. The van der Waals surface area contributed by atoms with Gasteiger partial charge in [-0.2, -0.15) is 5.26 Å². The lowest BCUT2D eigenvalue weighted by atomic mass is 9.83. The summed E-state index contributed by atoms with van der Waals surface area (Å²) in [5, 5.41) is 16.0. The minimum atomic E-state index is -0.680. The van der Waals surface area contributed by atoms with E-state index >= 15 is 0 Å². The maximum atomic E-state index is 12.1. The molecule has 21 heavy (non-hydrogen) atoms. The van der Waals surface area contributed by atoms with E-state index in [1.54, 1.807) is 0 Å². The molecule has 1 saturated carbocycles. The number of anilines is 1. The number of rotatable bonds is 4. The Balaban J connectivity index is 1.93. The van der Waals surface area contributed by atoms with Crippen LogP contribution >= 0.6 is 11.6 Å². The highest BCUT2D eigenvalue weighted by Crippen LogP contribution is 2.27. The Labute approximate surface area is 130 Å². The number of hydrogen-bond acceptors (Lipinski definition) is 3. The third-order valence-electron chi connectivity index (χ3n) is 4.01. The fraction of sp³-hybridized carbons (Fsp3) is 0.500. The number of benzene rings is 1. The van der Waals surface area contributed by atoms with Crippen molar-refractivity contribution < 1.29 is 4.79 Å². The Hall–Kier alpha value is -1.73. The standard InChI is InChI=1S/C16H20ClN3O/c1-12-13(17)6-5-7-14(12)19-10-15(21)20-16(11-18)8-3-2-4-9-16/h5-7,19H,2-4,8-10H2,1H3,(H,20,21). The second-order valence-electron chi connectivity index (χ2n) is 5.57. The quantitative estimate of drug-likeness (QED) is 0.896. The van der Waals surface area contributed by atoms with Crippen molar-refractivity contribution in [3.63, 3.8) is 0 Å². The molecule has 5 heteroatoms. The molecule has 0 bridgehead atoms. The molecule has 1 amide bonds. The van der Waals surface area contributed by atoms with E-state index in [-0.39, 0.29) is 12.5 Å². The van der Waals surface area contributed by atoms with Gasteiger partial charge < -0.3 is 10.6 Å². The van der Waals surface area contributed by atoms with E-state index in [2.05, 4.69) is 16.7 Å². The van der Waals surface area contributed by atoms with Crippen LogP contribution in [0.25, 0.3) is 0 Å². The van der Waals surface area contributed by atoms with E-state index in [4.69, 9.17) is 11.6 Å². The van der Waals surface area contributed by atoms with Crippen molar-refractivity contribution in [2.75, 3.05) is 11.9 Å². The fourth-order valence-electron chi connectivity index (χ4n) is 2.71. The van der Waals surface area contributed by atoms with Crippen LogP contribution in [0, 0.1) is 18.3 Å². The van der Waals surface area contributed by atoms with Crippen LogP contribution in [0.1, 0.15) is 37.7 Å². The smallest absolute Gasteiger partial charge is 0.240 e. The third kappa shape index (κ3) is 3.89. The lowest BCUT2D eigenvalue weighted by Crippen LogP contribution is -2.50. The van der Waals surface area contributed by atoms with Gasteiger partial charge in [-0.15, -0.1) is 0 Å². The maximum absolute atomic E-state index is 12.1. The van der Waals surface area contributed by atoms with Crippen molar-refractivity contribution >= 4 is 23.2 Å². The van der Waals surface area contributed by atoms with Crippen molar-refractivity contribution in [2.24, 2.45) is 0 Å². The monoisotopic (exact) mass is 305 g/mol. The molecule has 0 spiro atoms. The molecule has 0 unspecified atom stereocenters. The second-order valence-corrected chi connectivity index (χ2v) is 5.98. The van der Waals surface area contributed by atoms with Gasteiger partial charge in [0.2, 0.25) is 5.91 Å². The normalized spacial score (nSPS) is 16.8. The van der Waals surface area contributed by atoms with Crippen molar-refractivity contribution in [2.45, 2.75) is 44.6 Å². The van der Waals surface area contributed by atoms with Crippen LogP contribution in [0.5, 0.6) is 0 Å². The van der Waals surface area contributed by atoms with Crippen LogP contribution < -0.4 is 10.6 Å².